The molecule has 3 atom stereocenters. The molecule has 2 aliphatic rings. The van der Waals surface area contributed by atoms with Gasteiger partial charge in [0.1, 0.15) is 5.78 Å². The first-order valence-electron chi connectivity index (χ1n) is 4.09. The standard InChI is InChI=1S/C8H12BrNO/c1-10-5-2-3-6(10)8(9)7(11)4-5/h5-6,8H,2-4H2,1H3/t5-,6+,8-/m0/s1. The van der Waals surface area contributed by atoms with Gasteiger partial charge in [-0.2, -0.15) is 0 Å². The Kier molecular flexibility index (Phi) is 1.80. The Morgan fingerprint density at radius 1 is 1.55 bits per heavy atom. The van der Waals surface area contributed by atoms with Crippen molar-refractivity contribution >= 4 is 21.7 Å². The molecule has 0 N–H and O–H groups in total. The monoisotopic (exact) mass is 217 g/mol. The Balaban J connectivity index is 2.22. The van der Waals surface area contributed by atoms with Crippen LogP contribution in [-0.4, -0.2) is 34.6 Å². The van der Waals surface area contributed by atoms with E-state index in [1.165, 1.54) is 12.8 Å². The van der Waals surface area contributed by atoms with Crippen LogP contribution in [0.2, 0.25) is 0 Å². The highest BCUT2D eigenvalue weighted by atomic mass is 79.9. The number of fused-ring (bicyclic) bond motifs is 2. The van der Waals surface area contributed by atoms with E-state index in [4.69, 9.17) is 0 Å². The van der Waals surface area contributed by atoms with Gasteiger partial charge in [-0.1, -0.05) is 15.9 Å². The van der Waals surface area contributed by atoms with Gasteiger partial charge in [-0.3, -0.25) is 9.69 Å². The Hall–Kier alpha value is 0.110. The van der Waals surface area contributed by atoms with E-state index in [1.807, 2.05) is 0 Å². The van der Waals surface area contributed by atoms with Crippen molar-refractivity contribution in [1.82, 2.24) is 4.90 Å². The van der Waals surface area contributed by atoms with Crippen molar-refractivity contribution in [2.24, 2.45) is 0 Å². The summed E-state index contributed by atoms with van der Waals surface area (Å²) in [6.07, 6.45) is 3.14. The van der Waals surface area contributed by atoms with E-state index in [1.54, 1.807) is 0 Å². The summed E-state index contributed by atoms with van der Waals surface area (Å²) < 4.78 is 0. The molecule has 0 saturated carbocycles. The zero-order valence-corrected chi connectivity index (χ0v) is 8.17. The molecule has 2 fully saturated rings. The molecule has 2 nitrogen and oxygen atoms in total. The summed E-state index contributed by atoms with van der Waals surface area (Å²) in [5.74, 6) is 0.399. The van der Waals surface area contributed by atoms with Crippen LogP contribution < -0.4 is 0 Å². The predicted molar refractivity (Wildman–Crippen MR) is 46.9 cm³/mol. The van der Waals surface area contributed by atoms with E-state index >= 15 is 0 Å². The van der Waals surface area contributed by atoms with Crippen LogP contribution in [0.1, 0.15) is 19.3 Å². The third-order valence-corrected chi connectivity index (χ3v) is 4.10. The molecule has 3 heteroatoms. The van der Waals surface area contributed by atoms with Crippen LogP contribution in [0.4, 0.5) is 0 Å². The summed E-state index contributed by atoms with van der Waals surface area (Å²) in [6.45, 7) is 0. The first kappa shape index (κ1) is 7.74. The summed E-state index contributed by atoms with van der Waals surface area (Å²) in [4.78, 5) is 13.8. The van der Waals surface area contributed by atoms with Crippen molar-refractivity contribution in [3.05, 3.63) is 0 Å². The Bertz CT molecular complexity index is 195. The van der Waals surface area contributed by atoms with Crippen LogP contribution in [0.15, 0.2) is 0 Å². The smallest absolute Gasteiger partial charge is 0.149 e. The van der Waals surface area contributed by atoms with Crippen molar-refractivity contribution in [1.29, 1.82) is 0 Å². The highest BCUT2D eigenvalue weighted by Gasteiger charge is 2.43. The summed E-state index contributed by atoms with van der Waals surface area (Å²) >= 11 is 3.46. The fraction of sp³-hybridized carbons (Fsp3) is 0.875. The summed E-state index contributed by atoms with van der Waals surface area (Å²) in [5, 5.41) is 0. The lowest BCUT2D eigenvalue weighted by Gasteiger charge is -2.33. The van der Waals surface area contributed by atoms with Crippen LogP contribution in [-0.2, 0) is 4.79 Å². The van der Waals surface area contributed by atoms with E-state index in [0.717, 1.165) is 6.42 Å². The molecule has 0 amide bonds. The molecule has 2 aliphatic heterocycles. The molecule has 0 spiro atoms. The molecule has 2 saturated heterocycles. The summed E-state index contributed by atoms with van der Waals surface area (Å²) in [6, 6.07) is 1.02. The second-order valence-corrected chi connectivity index (χ2v) is 4.52. The average molecular weight is 218 g/mol. The molecule has 0 aliphatic carbocycles. The van der Waals surface area contributed by atoms with Gasteiger partial charge in [0.15, 0.2) is 0 Å². The van der Waals surface area contributed by atoms with Crippen LogP contribution in [0.25, 0.3) is 0 Å². The quantitative estimate of drug-likeness (QED) is 0.569. The second-order valence-electron chi connectivity index (χ2n) is 3.54. The SMILES string of the molecule is CN1[C@H]2CC[C@@H]1[C@H](Br)C(=O)C2. The Morgan fingerprint density at radius 2 is 2.27 bits per heavy atom. The number of halogens is 1. The zero-order valence-electron chi connectivity index (χ0n) is 6.59. The highest BCUT2D eigenvalue weighted by Crippen LogP contribution is 2.35. The lowest BCUT2D eigenvalue weighted by atomic mass is 10.0. The van der Waals surface area contributed by atoms with Crippen molar-refractivity contribution in [3.63, 3.8) is 0 Å². The predicted octanol–water partition coefficient (Wildman–Crippen LogP) is 1.19. The minimum atomic E-state index is 0.103. The Labute approximate surface area is 75.1 Å². The summed E-state index contributed by atoms with van der Waals surface area (Å²) in [5.41, 5.74) is 0. The largest absolute Gasteiger partial charge is 0.298 e. The number of rotatable bonds is 0. The molecule has 0 aromatic heterocycles. The van der Waals surface area contributed by atoms with Crippen LogP contribution in [0, 0.1) is 0 Å². The van der Waals surface area contributed by atoms with Crippen molar-refractivity contribution in [2.75, 3.05) is 7.05 Å². The minimum Gasteiger partial charge on any atom is -0.298 e. The molecule has 11 heavy (non-hydrogen) atoms. The number of hydrogen-bond donors (Lipinski definition) is 0. The van der Waals surface area contributed by atoms with Gasteiger partial charge in [0.25, 0.3) is 0 Å². The fourth-order valence-corrected chi connectivity index (χ4v) is 3.02. The van der Waals surface area contributed by atoms with Crippen molar-refractivity contribution in [3.8, 4) is 0 Å². The van der Waals surface area contributed by atoms with Gasteiger partial charge in [-0.15, -0.1) is 0 Å². The normalized spacial score (nSPS) is 44.9. The molecule has 0 radical (unpaired) electrons. The third kappa shape index (κ3) is 1.05. The number of carbonyl (C=O) groups excluding carboxylic acids is 1. The summed E-state index contributed by atoms with van der Waals surface area (Å²) in [7, 11) is 2.13. The molecular formula is C8H12BrNO. The van der Waals surface area contributed by atoms with Crippen molar-refractivity contribution < 1.29 is 4.79 Å². The molecule has 2 rings (SSSR count). The lowest BCUT2D eigenvalue weighted by Crippen LogP contribution is -2.47. The molecular weight excluding hydrogens is 206 g/mol. The first-order chi connectivity index (χ1) is 5.20. The lowest BCUT2D eigenvalue weighted by molar-refractivity contribution is -0.122. The van der Waals surface area contributed by atoms with Gasteiger partial charge < -0.3 is 0 Å². The van der Waals surface area contributed by atoms with Gasteiger partial charge in [0.2, 0.25) is 0 Å². The zero-order chi connectivity index (χ0) is 8.01. The topological polar surface area (TPSA) is 20.3 Å². The number of nitrogens with zero attached hydrogens (tertiary/aromatic N) is 1. The van der Waals surface area contributed by atoms with Crippen molar-refractivity contribution in [2.45, 2.75) is 36.2 Å². The number of alkyl halides is 1. The molecule has 62 valence electrons. The number of hydrogen-bond acceptors (Lipinski definition) is 2. The molecule has 0 aromatic rings. The number of carbonyl (C=O) groups is 1. The number of Topliss-reactive ketones (excluding diaryl/α,β-unsaturated/α-hetero) is 1. The van der Waals surface area contributed by atoms with E-state index in [2.05, 4.69) is 27.9 Å². The van der Waals surface area contributed by atoms with E-state index in [0.29, 0.717) is 17.9 Å². The average Bonchev–Trinajstić information content (AvgIpc) is 2.23. The number of ketones is 1. The van der Waals surface area contributed by atoms with E-state index in [9.17, 15) is 4.79 Å². The van der Waals surface area contributed by atoms with Gasteiger partial charge in [0, 0.05) is 18.5 Å². The minimum absolute atomic E-state index is 0.103. The van der Waals surface area contributed by atoms with Crippen LogP contribution in [0.5, 0.6) is 0 Å². The molecule has 0 aromatic carbocycles. The maximum absolute atomic E-state index is 11.3. The number of piperidine rings is 1. The van der Waals surface area contributed by atoms with Gasteiger partial charge in [0.05, 0.1) is 4.83 Å². The maximum atomic E-state index is 11.3. The van der Waals surface area contributed by atoms with Gasteiger partial charge >= 0.3 is 0 Å². The third-order valence-electron chi connectivity index (χ3n) is 2.98. The first-order valence-corrected chi connectivity index (χ1v) is 5.00. The molecule has 2 bridgehead atoms. The second kappa shape index (κ2) is 2.56. The van der Waals surface area contributed by atoms with Crippen LogP contribution >= 0.6 is 15.9 Å². The van der Waals surface area contributed by atoms with E-state index in [-0.39, 0.29) is 4.83 Å². The highest BCUT2D eigenvalue weighted by molar-refractivity contribution is 9.10. The van der Waals surface area contributed by atoms with Gasteiger partial charge in [-0.25, -0.2) is 0 Å². The molecule has 2 heterocycles. The van der Waals surface area contributed by atoms with Crippen LogP contribution in [0.3, 0.4) is 0 Å². The van der Waals surface area contributed by atoms with Gasteiger partial charge in [-0.05, 0) is 19.9 Å². The van der Waals surface area contributed by atoms with E-state index < -0.39 is 0 Å². The Morgan fingerprint density at radius 3 is 3.00 bits per heavy atom. The molecule has 0 unspecified atom stereocenters. The fourth-order valence-electron chi connectivity index (χ4n) is 2.20. The maximum Gasteiger partial charge on any atom is 0.149 e.